The van der Waals surface area contributed by atoms with Crippen LogP contribution in [0.4, 0.5) is 0 Å². The van der Waals surface area contributed by atoms with Crippen LogP contribution in [0, 0.1) is 0 Å². The Hall–Kier alpha value is -1.76. The van der Waals surface area contributed by atoms with Gasteiger partial charge in [-0.1, -0.05) is 30.3 Å². The molecule has 19 heavy (non-hydrogen) atoms. The molecule has 0 saturated carbocycles. The van der Waals surface area contributed by atoms with E-state index in [9.17, 15) is 15.0 Å². The van der Waals surface area contributed by atoms with E-state index in [4.69, 9.17) is 12.2 Å². The van der Waals surface area contributed by atoms with E-state index in [0.717, 1.165) is 0 Å². The minimum atomic E-state index is -2.12. The van der Waals surface area contributed by atoms with Crippen molar-refractivity contribution in [3.05, 3.63) is 48.0 Å². The number of aliphatic hydroxyl groups is 2. The van der Waals surface area contributed by atoms with Crippen LogP contribution in [0.5, 0.6) is 0 Å². The van der Waals surface area contributed by atoms with Crippen LogP contribution < -0.4 is 5.32 Å². The fourth-order valence-corrected chi connectivity index (χ4v) is 3.08. The highest BCUT2D eigenvalue weighted by molar-refractivity contribution is 7.80. The molecule has 6 heteroatoms. The molecule has 1 aliphatic carbocycles. The second-order valence-electron chi connectivity index (χ2n) is 4.59. The van der Waals surface area contributed by atoms with Gasteiger partial charge in [0.1, 0.15) is 0 Å². The lowest BCUT2D eigenvalue weighted by Gasteiger charge is -2.34. The number of rotatable bonds is 2. The zero-order chi connectivity index (χ0) is 13.8. The van der Waals surface area contributed by atoms with Gasteiger partial charge in [0, 0.05) is 17.7 Å². The molecule has 0 unspecified atom stereocenters. The van der Waals surface area contributed by atoms with Crippen LogP contribution in [-0.4, -0.2) is 38.3 Å². The number of benzene rings is 1. The number of hydrogen-bond donors (Lipinski definition) is 3. The Balaban J connectivity index is 2.25. The minimum absolute atomic E-state index is 0.118. The number of carbonyl (C=O) groups is 1. The normalized spacial score (nSPS) is 32.0. The summed E-state index contributed by atoms with van der Waals surface area (Å²) in [7, 11) is 0. The first kappa shape index (κ1) is 12.3. The molecule has 1 aliphatic heterocycles. The Kier molecular flexibility index (Phi) is 2.35. The number of nitrogens with one attached hydrogen (secondary N) is 1. The molecule has 0 spiro atoms. The Morgan fingerprint density at radius 3 is 2.79 bits per heavy atom. The third kappa shape index (κ3) is 1.21. The monoisotopic (exact) mass is 276 g/mol. The summed E-state index contributed by atoms with van der Waals surface area (Å²) < 4.78 is 0. The number of ketones is 1. The van der Waals surface area contributed by atoms with Gasteiger partial charge in [-0.15, -0.1) is 6.58 Å². The summed E-state index contributed by atoms with van der Waals surface area (Å²) in [5.41, 5.74) is -3.42. The first-order valence-corrected chi connectivity index (χ1v) is 6.17. The predicted octanol–water partition coefficient (Wildman–Crippen LogP) is 0.0927. The number of thiocarbonyl (C=S) groups is 1. The molecule has 0 radical (unpaired) electrons. The van der Waals surface area contributed by atoms with Crippen molar-refractivity contribution in [3.8, 4) is 0 Å². The standard InChI is InChI=1S/C13H12N2O3S/c1-2-7-15-11(19)14-12(17)9-6-4-3-5-8(9)10(16)13(12,15)18/h2-6,17-18H,1,7H2,(H,14,19)/t12-,13-/m1/s1. The van der Waals surface area contributed by atoms with Crippen molar-refractivity contribution in [1.82, 2.24) is 10.2 Å². The van der Waals surface area contributed by atoms with Gasteiger partial charge in [0.05, 0.1) is 0 Å². The van der Waals surface area contributed by atoms with E-state index in [1.807, 2.05) is 0 Å². The molecule has 98 valence electrons. The lowest BCUT2D eigenvalue weighted by atomic mass is 10.00. The van der Waals surface area contributed by atoms with Gasteiger partial charge in [0.2, 0.25) is 11.5 Å². The van der Waals surface area contributed by atoms with Gasteiger partial charge in [-0.25, -0.2) is 0 Å². The molecule has 1 fully saturated rings. The zero-order valence-corrected chi connectivity index (χ0v) is 10.8. The molecule has 3 rings (SSSR count). The first-order chi connectivity index (χ1) is 8.96. The van der Waals surface area contributed by atoms with Gasteiger partial charge in [0.25, 0.3) is 5.72 Å². The van der Waals surface area contributed by atoms with E-state index in [-0.39, 0.29) is 17.2 Å². The Labute approximate surface area is 115 Å². The lowest BCUT2D eigenvalue weighted by molar-refractivity contribution is -0.161. The molecule has 2 atom stereocenters. The summed E-state index contributed by atoms with van der Waals surface area (Å²) in [6.07, 6.45) is 1.51. The van der Waals surface area contributed by atoms with Crippen LogP contribution in [0.2, 0.25) is 0 Å². The van der Waals surface area contributed by atoms with E-state index in [1.165, 1.54) is 11.0 Å². The van der Waals surface area contributed by atoms with Crippen LogP contribution in [0.15, 0.2) is 36.9 Å². The topological polar surface area (TPSA) is 72.8 Å². The summed E-state index contributed by atoms with van der Waals surface area (Å²) in [6.45, 7) is 3.72. The number of hydrogen-bond acceptors (Lipinski definition) is 4. The van der Waals surface area contributed by atoms with Gasteiger partial charge in [0.15, 0.2) is 5.11 Å². The highest BCUT2D eigenvalue weighted by Gasteiger charge is 2.70. The molecular weight excluding hydrogens is 264 g/mol. The smallest absolute Gasteiger partial charge is 0.258 e. The summed E-state index contributed by atoms with van der Waals surface area (Å²) in [6, 6.07) is 6.54. The average molecular weight is 276 g/mol. The van der Waals surface area contributed by atoms with Gasteiger partial charge in [-0.3, -0.25) is 4.79 Å². The van der Waals surface area contributed by atoms with Crippen molar-refractivity contribution in [1.29, 1.82) is 0 Å². The maximum Gasteiger partial charge on any atom is 0.258 e. The van der Waals surface area contributed by atoms with Gasteiger partial charge in [-0.05, 0) is 12.2 Å². The van der Waals surface area contributed by atoms with Crippen molar-refractivity contribution >= 4 is 23.1 Å². The predicted molar refractivity (Wildman–Crippen MR) is 72.3 cm³/mol. The van der Waals surface area contributed by atoms with Crippen molar-refractivity contribution in [2.75, 3.05) is 6.54 Å². The number of fused-ring (bicyclic) bond motifs is 3. The molecular formula is C13H12N2O3S. The Bertz CT molecular complexity index is 618. The van der Waals surface area contributed by atoms with E-state index in [0.29, 0.717) is 5.56 Å². The Morgan fingerprint density at radius 2 is 2.11 bits per heavy atom. The molecule has 1 heterocycles. The van der Waals surface area contributed by atoms with Crippen LogP contribution in [0.25, 0.3) is 0 Å². The quantitative estimate of drug-likeness (QED) is 0.525. The van der Waals surface area contributed by atoms with Crippen molar-refractivity contribution in [3.63, 3.8) is 0 Å². The molecule has 0 aromatic heterocycles. The van der Waals surface area contributed by atoms with Gasteiger partial charge >= 0.3 is 0 Å². The molecule has 1 aromatic carbocycles. The number of nitrogens with zero attached hydrogens (tertiary/aromatic N) is 1. The van der Waals surface area contributed by atoms with Crippen LogP contribution >= 0.6 is 12.2 Å². The minimum Gasteiger partial charge on any atom is -0.363 e. The van der Waals surface area contributed by atoms with Crippen LogP contribution in [0.1, 0.15) is 15.9 Å². The van der Waals surface area contributed by atoms with Crippen LogP contribution in [-0.2, 0) is 5.72 Å². The van der Waals surface area contributed by atoms with Crippen molar-refractivity contribution in [2.24, 2.45) is 0 Å². The fourth-order valence-electron chi connectivity index (χ4n) is 2.72. The lowest BCUT2D eigenvalue weighted by Crippen LogP contribution is -2.59. The third-order valence-corrected chi connectivity index (χ3v) is 3.94. The molecule has 3 N–H and O–H groups in total. The van der Waals surface area contributed by atoms with Crippen molar-refractivity contribution < 1.29 is 15.0 Å². The maximum atomic E-state index is 12.5. The highest BCUT2D eigenvalue weighted by atomic mass is 32.1. The van der Waals surface area contributed by atoms with E-state index >= 15 is 0 Å². The molecule has 2 aliphatic rings. The largest absolute Gasteiger partial charge is 0.363 e. The van der Waals surface area contributed by atoms with Crippen LogP contribution in [0.3, 0.4) is 0 Å². The highest BCUT2D eigenvalue weighted by Crippen LogP contribution is 2.47. The summed E-state index contributed by atoms with van der Waals surface area (Å²) in [5.74, 6) is -0.570. The fraction of sp³-hybridized carbons (Fsp3) is 0.231. The molecule has 1 aromatic rings. The van der Waals surface area contributed by atoms with E-state index < -0.39 is 17.2 Å². The summed E-state index contributed by atoms with van der Waals surface area (Å²) in [4.78, 5) is 13.7. The third-order valence-electron chi connectivity index (χ3n) is 3.62. The first-order valence-electron chi connectivity index (χ1n) is 5.76. The van der Waals surface area contributed by atoms with Crippen molar-refractivity contribution in [2.45, 2.75) is 11.4 Å². The maximum absolute atomic E-state index is 12.5. The second-order valence-corrected chi connectivity index (χ2v) is 4.97. The molecule has 0 bridgehead atoms. The Morgan fingerprint density at radius 1 is 1.42 bits per heavy atom. The number of carbonyl (C=O) groups excluding carboxylic acids is 1. The van der Waals surface area contributed by atoms with Gasteiger partial charge in [-0.2, -0.15) is 0 Å². The molecule has 0 amide bonds. The summed E-state index contributed by atoms with van der Waals surface area (Å²) in [5, 5.41) is 24.3. The average Bonchev–Trinajstić information content (AvgIpc) is 2.69. The summed E-state index contributed by atoms with van der Waals surface area (Å²) >= 11 is 5.08. The van der Waals surface area contributed by atoms with E-state index in [2.05, 4.69) is 11.9 Å². The van der Waals surface area contributed by atoms with E-state index in [1.54, 1.807) is 24.3 Å². The number of Topliss-reactive ketones (excluding diaryl/α,β-unsaturated/α-hetero) is 1. The SMILES string of the molecule is C=CCN1C(=S)N[C@@]2(O)c3ccccc3C(=O)[C@]12O. The molecule has 1 saturated heterocycles. The van der Waals surface area contributed by atoms with Gasteiger partial charge < -0.3 is 20.4 Å². The molecule has 5 nitrogen and oxygen atoms in total. The second kappa shape index (κ2) is 3.63. The zero-order valence-electron chi connectivity index (χ0n) is 9.96.